The van der Waals surface area contributed by atoms with Crippen LogP contribution in [0.1, 0.15) is 31.2 Å². The highest BCUT2D eigenvalue weighted by atomic mass is 16.5. The van der Waals surface area contributed by atoms with E-state index in [1.807, 2.05) is 12.3 Å². The molecule has 0 amide bonds. The van der Waals surface area contributed by atoms with Crippen LogP contribution < -0.4 is 5.73 Å². The first-order valence-corrected chi connectivity index (χ1v) is 5.56. The molecule has 3 atom stereocenters. The Bertz CT molecular complexity index is 302. The molecule has 3 unspecified atom stereocenters. The molecule has 15 heavy (non-hydrogen) atoms. The lowest BCUT2D eigenvalue weighted by atomic mass is 9.95. The Hall–Kier alpha value is -0.930. The van der Waals surface area contributed by atoms with Crippen molar-refractivity contribution >= 4 is 0 Å². The van der Waals surface area contributed by atoms with E-state index in [-0.39, 0.29) is 6.10 Å². The minimum atomic E-state index is 0.258. The van der Waals surface area contributed by atoms with Crippen LogP contribution >= 0.6 is 0 Å². The van der Waals surface area contributed by atoms with Gasteiger partial charge in [-0.3, -0.25) is 4.98 Å². The van der Waals surface area contributed by atoms with Gasteiger partial charge in [0.15, 0.2) is 0 Å². The summed E-state index contributed by atoms with van der Waals surface area (Å²) in [5, 5.41) is 0. The molecule has 1 aromatic heterocycles. The molecule has 1 aromatic rings. The van der Waals surface area contributed by atoms with Crippen molar-refractivity contribution in [2.75, 3.05) is 6.54 Å². The van der Waals surface area contributed by atoms with E-state index < -0.39 is 0 Å². The van der Waals surface area contributed by atoms with Crippen LogP contribution in [-0.4, -0.2) is 23.7 Å². The zero-order chi connectivity index (χ0) is 10.7. The third-order valence-electron chi connectivity index (χ3n) is 3.17. The van der Waals surface area contributed by atoms with Crippen molar-refractivity contribution in [1.82, 2.24) is 4.98 Å². The Kier molecular flexibility index (Phi) is 3.34. The van der Waals surface area contributed by atoms with Gasteiger partial charge in [-0.05, 0) is 24.5 Å². The van der Waals surface area contributed by atoms with Gasteiger partial charge in [0, 0.05) is 24.9 Å². The average molecular weight is 206 g/mol. The molecule has 0 aliphatic carbocycles. The first kappa shape index (κ1) is 10.6. The van der Waals surface area contributed by atoms with Crippen molar-refractivity contribution in [2.45, 2.75) is 37.9 Å². The first-order valence-electron chi connectivity index (χ1n) is 5.56. The number of aromatic nitrogens is 1. The molecule has 2 N–H and O–H groups in total. The quantitative estimate of drug-likeness (QED) is 0.818. The molecule has 1 aliphatic heterocycles. The number of pyridine rings is 1. The van der Waals surface area contributed by atoms with E-state index in [0.717, 1.165) is 12.8 Å². The molecule has 1 aliphatic rings. The fourth-order valence-corrected chi connectivity index (χ4v) is 2.13. The van der Waals surface area contributed by atoms with Crippen LogP contribution in [0.25, 0.3) is 0 Å². The molecular formula is C12H18N2O. The highest BCUT2D eigenvalue weighted by molar-refractivity contribution is 5.15. The van der Waals surface area contributed by atoms with Gasteiger partial charge in [0.05, 0.1) is 12.2 Å². The lowest BCUT2D eigenvalue weighted by molar-refractivity contribution is 0.0373. The maximum atomic E-state index is 5.87. The number of hydrogen-bond acceptors (Lipinski definition) is 3. The van der Waals surface area contributed by atoms with Gasteiger partial charge in [-0.25, -0.2) is 0 Å². The molecule has 0 bridgehead atoms. The van der Waals surface area contributed by atoms with E-state index in [0.29, 0.717) is 18.6 Å². The molecule has 0 aromatic carbocycles. The van der Waals surface area contributed by atoms with Crippen LogP contribution in [0.2, 0.25) is 0 Å². The second kappa shape index (κ2) is 4.73. The lowest BCUT2D eigenvalue weighted by Crippen LogP contribution is -2.23. The van der Waals surface area contributed by atoms with Gasteiger partial charge in [-0.15, -0.1) is 0 Å². The molecule has 2 rings (SSSR count). The molecule has 2 heterocycles. The molecule has 0 spiro atoms. The summed E-state index contributed by atoms with van der Waals surface area (Å²) in [5.41, 5.74) is 6.85. The normalized spacial score (nSPS) is 27.9. The van der Waals surface area contributed by atoms with Crippen molar-refractivity contribution in [3.63, 3.8) is 0 Å². The zero-order valence-corrected chi connectivity index (χ0v) is 9.10. The summed E-state index contributed by atoms with van der Waals surface area (Å²) in [6.45, 7) is 2.83. The average Bonchev–Trinajstić information content (AvgIpc) is 2.78. The van der Waals surface area contributed by atoms with Crippen molar-refractivity contribution in [3.05, 3.63) is 30.1 Å². The van der Waals surface area contributed by atoms with Crippen LogP contribution in [0.5, 0.6) is 0 Å². The molecule has 3 nitrogen and oxygen atoms in total. The lowest BCUT2D eigenvalue weighted by Gasteiger charge is -2.19. The molecular weight excluding hydrogens is 188 g/mol. The van der Waals surface area contributed by atoms with E-state index in [1.54, 1.807) is 6.20 Å². The number of nitrogens with two attached hydrogens (primary N) is 1. The smallest absolute Gasteiger partial charge is 0.0702 e. The third kappa shape index (κ3) is 2.36. The Balaban J connectivity index is 2.00. The molecule has 82 valence electrons. The van der Waals surface area contributed by atoms with Gasteiger partial charge in [0.1, 0.15) is 0 Å². The summed E-state index contributed by atoms with van der Waals surface area (Å²) in [6, 6.07) is 4.08. The summed E-state index contributed by atoms with van der Waals surface area (Å²) in [4.78, 5) is 4.14. The maximum absolute atomic E-state index is 5.87. The number of ether oxygens (including phenoxy) is 1. The van der Waals surface area contributed by atoms with Crippen LogP contribution in [0.3, 0.4) is 0 Å². The fraction of sp³-hybridized carbons (Fsp3) is 0.583. The summed E-state index contributed by atoms with van der Waals surface area (Å²) in [7, 11) is 0. The Morgan fingerprint density at radius 1 is 1.60 bits per heavy atom. The van der Waals surface area contributed by atoms with Crippen LogP contribution in [0.15, 0.2) is 24.5 Å². The largest absolute Gasteiger partial charge is 0.373 e. The Labute approximate surface area is 90.7 Å². The standard InChI is InChI=1S/C12H18N2O/c1-9(10-3-2-6-14-8-10)12-5-4-11(7-13)15-12/h2-3,6,8-9,11-12H,4-5,7,13H2,1H3. The topological polar surface area (TPSA) is 48.1 Å². The van der Waals surface area contributed by atoms with Crippen LogP contribution in [0.4, 0.5) is 0 Å². The van der Waals surface area contributed by atoms with Crippen molar-refractivity contribution in [1.29, 1.82) is 0 Å². The number of nitrogens with zero attached hydrogens (tertiary/aromatic N) is 1. The van der Waals surface area contributed by atoms with Gasteiger partial charge >= 0.3 is 0 Å². The fourth-order valence-electron chi connectivity index (χ4n) is 2.13. The first-order chi connectivity index (χ1) is 7.31. The van der Waals surface area contributed by atoms with E-state index in [2.05, 4.69) is 18.0 Å². The van der Waals surface area contributed by atoms with Gasteiger partial charge in [0.2, 0.25) is 0 Å². The molecule has 1 saturated heterocycles. The summed E-state index contributed by atoms with van der Waals surface area (Å²) in [6.07, 6.45) is 6.49. The second-order valence-electron chi connectivity index (χ2n) is 4.18. The van der Waals surface area contributed by atoms with E-state index >= 15 is 0 Å². The molecule has 0 saturated carbocycles. The van der Waals surface area contributed by atoms with Crippen LogP contribution in [-0.2, 0) is 4.74 Å². The molecule has 1 fully saturated rings. The van der Waals surface area contributed by atoms with E-state index in [9.17, 15) is 0 Å². The predicted octanol–water partition coefficient (Wildman–Crippen LogP) is 1.69. The Morgan fingerprint density at radius 2 is 2.47 bits per heavy atom. The predicted molar refractivity (Wildman–Crippen MR) is 59.6 cm³/mol. The van der Waals surface area contributed by atoms with E-state index in [1.165, 1.54) is 5.56 Å². The van der Waals surface area contributed by atoms with Crippen molar-refractivity contribution in [2.24, 2.45) is 5.73 Å². The highest BCUT2D eigenvalue weighted by Gasteiger charge is 2.29. The van der Waals surface area contributed by atoms with Gasteiger partial charge in [-0.1, -0.05) is 13.0 Å². The number of rotatable bonds is 3. The van der Waals surface area contributed by atoms with Gasteiger partial charge in [-0.2, -0.15) is 0 Å². The van der Waals surface area contributed by atoms with Crippen molar-refractivity contribution < 1.29 is 4.74 Å². The number of hydrogen-bond donors (Lipinski definition) is 1. The van der Waals surface area contributed by atoms with Gasteiger partial charge in [0.25, 0.3) is 0 Å². The van der Waals surface area contributed by atoms with Gasteiger partial charge < -0.3 is 10.5 Å². The van der Waals surface area contributed by atoms with Crippen molar-refractivity contribution in [3.8, 4) is 0 Å². The summed E-state index contributed by atoms with van der Waals surface area (Å²) >= 11 is 0. The monoisotopic (exact) mass is 206 g/mol. The van der Waals surface area contributed by atoms with Crippen LogP contribution in [0, 0.1) is 0 Å². The molecule has 3 heteroatoms. The summed E-state index contributed by atoms with van der Waals surface area (Å²) in [5.74, 6) is 0.412. The Morgan fingerprint density at radius 3 is 3.07 bits per heavy atom. The highest BCUT2D eigenvalue weighted by Crippen LogP contribution is 2.30. The minimum absolute atomic E-state index is 0.258. The summed E-state index contributed by atoms with van der Waals surface area (Å²) < 4.78 is 5.87. The second-order valence-corrected chi connectivity index (χ2v) is 4.18. The van der Waals surface area contributed by atoms with E-state index in [4.69, 9.17) is 10.5 Å². The minimum Gasteiger partial charge on any atom is -0.373 e. The molecule has 0 radical (unpaired) electrons. The third-order valence-corrected chi connectivity index (χ3v) is 3.17. The maximum Gasteiger partial charge on any atom is 0.0702 e. The SMILES string of the molecule is CC(c1cccnc1)C1CCC(CN)O1. The zero-order valence-electron chi connectivity index (χ0n) is 9.10.